The van der Waals surface area contributed by atoms with Crippen molar-refractivity contribution < 1.29 is 4.74 Å². The molecule has 2 aromatic rings. The van der Waals surface area contributed by atoms with E-state index in [1.165, 1.54) is 0 Å². The van der Waals surface area contributed by atoms with Gasteiger partial charge in [0, 0.05) is 5.70 Å². The van der Waals surface area contributed by atoms with Gasteiger partial charge in [0.2, 0.25) is 5.95 Å². The standard InChI is InChI=1S/C13H14N4O/c1-9-7-12(17-13(16-9)14-8-15-17)10-3-5-11(18-2)6-4-10/h3-8,12H,1-2H3,(H,14,15,16)/t12-/m1/s1. The maximum Gasteiger partial charge on any atom is 0.226 e. The lowest BCUT2D eigenvalue weighted by Gasteiger charge is -2.22. The lowest BCUT2D eigenvalue weighted by Crippen LogP contribution is -2.19. The van der Waals surface area contributed by atoms with Gasteiger partial charge in [-0.25, -0.2) is 4.68 Å². The molecule has 0 spiro atoms. The molecular formula is C13H14N4O. The van der Waals surface area contributed by atoms with Crippen molar-refractivity contribution in [3.05, 3.63) is 47.9 Å². The fraction of sp³-hybridized carbons (Fsp3) is 0.231. The SMILES string of the molecule is COc1ccc([C@H]2C=C(C)Nc3ncnn32)cc1. The van der Waals surface area contributed by atoms with Gasteiger partial charge in [-0.1, -0.05) is 12.1 Å². The number of nitrogens with one attached hydrogen (secondary N) is 1. The topological polar surface area (TPSA) is 52.0 Å². The molecule has 0 saturated carbocycles. The number of aromatic nitrogens is 3. The molecule has 1 aliphatic rings. The van der Waals surface area contributed by atoms with Crippen molar-refractivity contribution in [2.75, 3.05) is 12.4 Å². The summed E-state index contributed by atoms with van der Waals surface area (Å²) < 4.78 is 7.04. The van der Waals surface area contributed by atoms with E-state index in [1.807, 2.05) is 35.9 Å². The van der Waals surface area contributed by atoms with E-state index in [0.717, 1.165) is 23.0 Å². The minimum absolute atomic E-state index is 0.0784. The third-order valence-electron chi connectivity index (χ3n) is 3.01. The minimum atomic E-state index is 0.0784. The fourth-order valence-corrected chi connectivity index (χ4v) is 2.11. The number of ether oxygens (including phenoxy) is 1. The van der Waals surface area contributed by atoms with Gasteiger partial charge in [-0.05, 0) is 30.7 Å². The first-order valence-corrected chi connectivity index (χ1v) is 5.77. The summed E-state index contributed by atoms with van der Waals surface area (Å²) in [5.41, 5.74) is 2.24. The number of hydrogen-bond acceptors (Lipinski definition) is 4. The maximum atomic E-state index is 5.17. The van der Waals surface area contributed by atoms with Gasteiger partial charge in [0.15, 0.2) is 0 Å². The van der Waals surface area contributed by atoms with Crippen LogP contribution in [0.4, 0.5) is 5.95 Å². The highest BCUT2D eigenvalue weighted by Gasteiger charge is 2.20. The first-order valence-electron chi connectivity index (χ1n) is 5.77. The Hall–Kier alpha value is -2.30. The monoisotopic (exact) mass is 242 g/mol. The molecule has 1 atom stereocenters. The average molecular weight is 242 g/mol. The third kappa shape index (κ3) is 1.73. The molecule has 3 rings (SSSR count). The van der Waals surface area contributed by atoms with Gasteiger partial charge in [-0.2, -0.15) is 10.1 Å². The second kappa shape index (κ2) is 4.18. The number of allylic oxidation sites excluding steroid dienone is 2. The van der Waals surface area contributed by atoms with Crippen LogP contribution in [-0.2, 0) is 0 Å². The lowest BCUT2D eigenvalue weighted by atomic mass is 10.0. The van der Waals surface area contributed by atoms with Crippen molar-refractivity contribution in [2.24, 2.45) is 0 Å². The lowest BCUT2D eigenvalue weighted by molar-refractivity contribution is 0.414. The molecule has 0 amide bonds. The van der Waals surface area contributed by atoms with Crippen molar-refractivity contribution in [3.8, 4) is 5.75 Å². The molecule has 0 fully saturated rings. The Morgan fingerprint density at radius 1 is 1.28 bits per heavy atom. The Balaban J connectivity index is 2.02. The van der Waals surface area contributed by atoms with E-state index in [-0.39, 0.29) is 6.04 Å². The average Bonchev–Trinajstić information content (AvgIpc) is 2.86. The van der Waals surface area contributed by atoms with Crippen molar-refractivity contribution in [1.29, 1.82) is 0 Å². The van der Waals surface area contributed by atoms with Crippen molar-refractivity contribution >= 4 is 5.95 Å². The number of nitrogens with zero attached hydrogens (tertiary/aromatic N) is 3. The molecule has 1 N–H and O–H groups in total. The number of hydrogen-bond donors (Lipinski definition) is 1. The van der Waals surface area contributed by atoms with E-state index in [0.29, 0.717) is 0 Å². The quantitative estimate of drug-likeness (QED) is 0.877. The van der Waals surface area contributed by atoms with Gasteiger partial charge in [-0.3, -0.25) is 0 Å². The molecule has 0 aliphatic carbocycles. The summed E-state index contributed by atoms with van der Waals surface area (Å²) in [5.74, 6) is 1.63. The molecular weight excluding hydrogens is 228 g/mol. The molecule has 0 radical (unpaired) electrons. The highest BCUT2D eigenvalue weighted by molar-refractivity contribution is 5.42. The number of rotatable bonds is 2. The Labute approximate surface area is 105 Å². The molecule has 0 unspecified atom stereocenters. The van der Waals surface area contributed by atoms with Crippen LogP contribution < -0.4 is 10.1 Å². The summed E-state index contributed by atoms with van der Waals surface area (Å²) in [7, 11) is 1.67. The zero-order chi connectivity index (χ0) is 12.5. The van der Waals surface area contributed by atoms with Crippen LogP contribution in [0.25, 0.3) is 0 Å². The normalized spacial score (nSPS) is 17.7. The Morgan fingerprint density at radius 3 is 2.78 bits per heavy atom. The van der Waals surface area contributed by atoms with Crippen molar-refractivity contribution in [1.82, 2.24) is 14.8 Å². The summed E-state index contributed by atoms with van der Waals surface area (Å²) in [5, 5.41) is 7.45. The van der Waals surface area contributed by atoms with Gasteiger partial charge >= 0.3 is 0 Å². The Kier molecular flexibility index (Phi) is 2.51. The summed E-state index contributed by atoms with van der Waals surface area (Å²) in [6, 6.07) is 8.08. The van der Waals surface area contributed by atoms with Gasteiger partial charge in [-0.15, -0.1) is 0 Å². The zero-order valence-corrected chi connectivity index (χ0v) is 10.3. The molecule has 18 heavy (non-hydrogen) atoms. The van der Waals surface area contributed by atoms with Crippen molar-refractivity contribution in [2.45, 2.75) is 13.0 Å². The summed E-state index contributed by atoms with van der Waals surface area (Å²) >= 11 is 0. The third-order valence-corrected chi connectivity index (χ3v) is 3.01. The number of fused-ring (bicyclic) bond motifs is 1. The van der Waals surface area contributed by atoms with Gasteiger partial charge < -0.3 is 10.1 Å². The molecule has 1 aliphatic heterocycles. The van der Waals surface area contributed by atoms with Crippen LogP contribution in [0.5, 0.6) is 5.75 Å². The van der Waals surface area contributed by atoms with Gasteiger partial charge in [0.1, 0.15) is 18.1 Å². The molecule has 92 valence electrons. The predicted molar refractivity (Wildman–Crippen MR) is 68.5 cm³/mol. The smallest absolute Gasteiger partial charge is 0.226 e. The minimum Gasteiger partial charge on any atom is -0.497 e. The molecule has 1 aromatic carbocycles. The van der Waals surface area contributed by atoms with E-state index >= 15 is 0 Å². The van der Waals surface area contributed by atoms with E-state index in [2.05, 4.69) is 21.5 Å². The first kappa shape index (κ1) is 10.8. The van der Waals surface area contributed by atoms with Crippen LogP contribution >= 0.6 is 0 Å². The molecule has 2 heterocycles. The van der Waals surface area contributed by atoms with Gasteiger partial charge in [0.25, 0.3) is 0 Å². The molecule has 5 nitrogen and oxygen atoms in total. The number of anilines is 1. The highest BCUT2D eigenvalue weighted by atomic mass is 16.5. The van der Waals surface area contributed by atoms with Crippen LogP contribution in [0.2, 0.25) is 0 Å². The van der Waals surface area contributed by atoms with E-state index in [9.17, 15) is 0 Å². The second-order valence-electron chi connectivity index (χ2n) is 4.22. The predicted octanol–water partition coefficient (Wildman–Crippen LogP) is 2.21. The van der Waals surface area contributed by atoms with Crippen molar-refractivity contribution in [3.63, 3.8) is 0 Å². The zero-order valence-electron chi connectivity index (χ0n) is 10.3. The van der Waals surface area contributed by atoms with Crippen LogP contribution in [0.3, 0.4) is 0 Å². The van der Waals surface area contributed by atoms with Gasteiger partial charge in [0.05, 0.1) is 7.11 Å². The van der Waals surface area contributed by atoms with Crippen LogP contribution in [0.15, 0.2) is 42.4 Å². The summed E-state index contributed by atoms with van der Waals surface area (Å²) in [6.07, 6.45) is 3.69. The highest BCUT2D eigenvalue weighted by Crippen LogP contribution is 2.28. The summed E-state index contributed by atoms with van der Waals surface area (Å²) in [6.45, 7) is 2.02. The molecule has 5 heteroatoms. The molecule has 0 bridgehead atoms. The Bertz CT molecular complexity index is 585. The largest absolute Gasteiger partial charge is 0.497 e. The fourth-order valence-electron chi connectivity index (χ4n) is 2.11. The van der Waals surface area contributed by atoms with E-state index < -0.39 is 0 Å². The first-order chi connectivity index (χ1) is 8.78. The summed E-state index contributed by atoms with van der Waals surface area (Å²) in [4.78, 5) is 4.19. The maximum absolute atomic E-state index is 5.17. The number of benzene rings is 1. The van der Waals surface area contributed by atoms with E-state index in [1.54, 1.807) is 13.4 Å². The molecule has 0 saturated heterocycles. The second-order valence-corrected chi connectivity index (χ2v) is 4.22. The van der Waals surface area contributed by atoms with E-state index in [4.69, 9.17) is 4.74 Å². The Morgan fingerprint density at radius 2 is 2.06 bits per heavy atom. The van der Waals surface area contributed by atoms with Crippen LogP contribution in [-0.4, -0.2) is 21.9 Å². The van der Waals surface area contributed by atoms with Crippen LogP contribution in [0, 0.1) is 0 Å². The van der Waals surface area contributed by atoms with Crippen LogP contribution in [0.1, 0.15) is 18.5 Å². The molecule has 1 aromatic heterocycles. The number of methoxy groups -OCH3 is 1.